The summed E-state index contributed by atoms with van der Waals surface area (Å²) < 4.78 is 12.4. The fraction of sp³-hybridized carbons (Fsp3) is 0.882. The van der Waals surface area contributed by atoms with Gasteiger partial charge in [0.2, 0.25) is 0 Å². The van der Waals surface area contributed by atoms with Crippen LogP contribution < -0.4 is 0 Å². The fourth-order valence-electron chi connectivity index (χ4n) is 3.45. The molecule has 3 nitrogen and oxygen atoms in total. The van der Waals surface area contributed by atoms with Crippen LogP contribution in [0.3, 0.4) is 0 Å². The van der Waals surface area contributed by atoms with Gasteiger partial charge in [-0.2, -0.15) is 0 Å². The number of hydrogen-bond acceptors (Lipinski definition) is 3. The zero-order valence-electron chi connectivity index (χ0n) is 15.0. The van der Waals surface area contributed by atoms with Crippen LogP contribution in [0, 0.1) is 0 Å². The molecule has 0 aromatic rings. The van der Waals surface area contributed by atoms with Gasteiger partial charge >= 0.3 is 7.12 Å². The summed E-state index contributed by atoms with van der Waals surface area (Å²) in [5, 5.41) is 0. The summed E-state index contributed by atoms with van der Waals surface area (Å²) in [6.45, 7) is 17.6. The molecule has 1 atom stereocenters. The van der Waals surface area contributed by atoms with Crippen molar-refractivity contribution in [2.45, 2.75) is 84.5 Å². The maximum absolute atomic E-state index is 6.18. The Morgan fingerprint density at radius 2 is 1.57 bits per heavy atom. The number of hydrogen-bond donors (Lipinski definition) is 0. The predicted octanol–water partition coefficient (Wildman–Crippen LogP) is 3.83. The van der Waals surface area contributed by atoms with Crippen molar-refractivity contribution in [1.29, 1.82) is 0 Å². The molecule has 0 N–H and O–H groups in total. The first-order valence-electron chi connectivity index (χ1n) is 8.45. The van der Waals surface area contributed by atoms with E-state index in [0.717, 1.165) is 25.9 Å². The van der Waals surface area contributed by atoms with Crippen LogP contribution in [0.15, 0.2) is 11.5 Å². The first-order chi connectivity index (χ1) is 9.65. The Morgan fingerprint density at radius 3 is 1.95 bits per heavy atom. The van der Waals surface area contributed by atoms with Crippen molar-refractivity contribution in [3.63, 3.8) is 0 Å². The van der Waals surface area contributed by atoms with Crippen LogP contribution in [0.4, 0.5) is 0 Å². The maximum atomic E-state index is 6.18. The standard InChI is InChI=1S/C17H32BNO2/c1-8-19(9-2)17(7)12-10-14(11-13-17)18-20-15(3,4)16(5,6)21-18/h10H,8-9,11-13H2,1-7H3. The van der Waals surface area contributed by atoms with Crippen molar-refractivity contribution in [2.75, 3.05) is 13.1 Å². The van der Waals surface area contributed by atoms with E-state index < -0.39 is 0 Å². The lowest BCUT2D eigenvalue weighted by Gasteiger charge is -2.42. The van der Waals surface area contributed by atoms with Gasteiger partial charge in [-0.1, -0.05) is 19.9 Å². The highest BCUT2D eigenvalue weighted by atomic mass is 16.7. The molecule has 0 aromatic heterocycles. The second-order valence-electron chi connectivity index (χ2n) is 7.74. The smallest absolute Gasteiger partial charge is 0.400 e. The average Bonchev–Trinajstić information content (AvgIpc) is 2.60. The van der Waals surface area contributed by atoms with Gasteiger partial charge in [0.15, 0.2) is 0 Å². The summed E-state index contributed by atoms with van der Waals surface area (Å²) in [6, 6.07) is 0. The first kappa shape index (κ1) is 17.0. The van der Waals surface area contributed by atoms with Crippen molar-refractivity contribution in [3.8, 4) is 0 Å². The van der Waals surface area contributed by atoms with Crippen LogP contribution in [-0.4, -0.2) is 41.8 Å². The molecular formula is C17H32BNO2. The average molecular weight is 293 g/mol. The molecule has 120 valence electrons. The molecule has 1 aliphatic heterocycles. The minimum absolute atomic E-state index is 0.156. The summed E-state index contributed by atoms with van der Waals surface area (Å²) in [5.74, 6) is 0. The molecule has 21 heavy (non-hydrogen) atoms. The lowest BCUT2D eigenvalue weighted by Crippen LogP contribution is -2.47. The minimum atomic E-state index is -0.238. The Bertz CT molecular complexity index is 399. The molecule has 0 radical (unpaired) electrons. The molecule has 0 amide bonds. The molecule has 1 heterocycles. The van der Waals surface area contributed by atoms with Gasteiger partial charge in [0, 0.05) is 5.54 Å². The van der Waals surface area contributed by atoms with Gasteiger partial charge in [-0.3, -0.25) is 4.90 Å². The van der Waals surface area contributed by atoms with E-state index in [1.165, 1.54) is 11.9 Å². The summed E-state index contributed by atoms with van der Waals surface area (Å²) in [5.41, 5.74) is 1.14. The Hall–Kier alpha value is -0.315. The fourth-order valence-corrected chi connectivity index (χ4v) is 3.45. The Labute approximate surface area is 131 Å². The highest BCUT2D eigenvalue weighted by Crippen LogP contribution is 2.41. The van der Waals surface area contributed by atoms with E-state index in [9.17, 15) is 0 Å². The topological polar surface area (TPSA) is 21.7 Å². The van der Waals surface area contributed by atoms with Crippen molar-refractivity contribution >= 4 is 7.12 Å². The lowest BCUT2D eigenvalue weighted by atomic mass is 9.68. The van der Waals surface area contributed by atoms with Crippen LogP contribution in [0.25, 0.3) is 0 Å². The normalized spacial score (nSPS) is 31.6. The van der Waals surface area contributed by atoms with Gasteiger partial charge in [-0.15, -0.1) is 0 Å². The van der Waals surface area contributed by atoms with Crippen LogP contribution in [0.1, 0.15) is 67.7 Å². The second kappa shape index (κ2) is 5.71. The second-order valence-corrected chi connectivity index (χ2v) is 7.74. The van der Waals surface area contributed by atoms with E-state index in [4.69, 9.17) is 9.31 Å². The van der Waals surface area contributed by atoms with E-state index in [1.54, 1.807) is 0 Å². The third kappa shape index (κ3) is 3.08. The zero-order valence-corrected chi connectivity index (χ0v) is 15.0. The summed E-state index contributed by atoms with van der Waals surface area (Å²) in [6.07, 6.45) is 5.71. The van der Waals surface area contributed by atoms with Gasteiger partial charge in [-0.25, -0.2) is 0 Å². The highest BCUT2D eigenvalue weighted by molar-refractivity contribution is 6.54. The van der Waals surface area contributed by atoms with Crippen LogP contribution in [0.5, 0.6) is 0 Å². The van der Waals surface area contributed by atoms with Crippen LogP contribution in [-0.2, 0) is 9.31 Å². The van der Waals surface area contributed by atoms with Crippen molar-refractivity contribution < 1.29 is 9.31 Å². The molecule has 1 aliphatic carbocycles. The number of nitrogens with zero attached hydrogens (tertiary/aromatic N) is 1. The molecule has 1 saturated heterocycles. The van der Waals surface area contributed by atoms with E-state index in [1.807, 2.05) is 0 Å². The molecule has 4 heteroatoms. The summed E-state index contributed by atoms with van der Waals surface area (Å²) >= 11 is 0. The van der Waals surface area contributed by atoms with Gasteiger partial charge < -0.3 is 9.31 Å². The van der Waals surface area contributed by atoms with Gasteiger partial charge in [-0.05, 0) is 72.4 Å². The molecule has 2 rings (SSSR count). The molecule has 0 saturated carbocycles. The van der Waals surface area contributed by atoms with Crippen molar-refractivity contribution in [2.24, 2.45) is 0 Å². The Morgan fingerprint density at radius 1 is 1.05 bits per heavy atom. The van der Waals surface area contributed by atoms with Gasteiger partial charge in [0.1, 0.15) is 0 Å². The van der Waals surface area contributed by atoms with E-state index in [-0.39, 0.29) is 23.9 Å². The lowest BCUT2D eigenvalue weighted by molar-refractivity contribution is 0.00578. The highest BCUT2D eigenvalue weighted by Gasteiger charge is 2.52. The molecule has 2 aliphatic rings. The van der Waals surface area contributed by atoms with E-state index >= 15 is 0 Å². The summed E-state index contributed by atoms with van der Waals surface area (Å²) in [7, 11) is -0.156. The first-order valence-corrected chi connectivity index (χ1v) is 8.45. The third-order valence-corrected chi connectivity index (χ3v) is 5.84. The molecular weight excluding hydrogens is 261 g/mol. The van der Waals surface area contributed by atoms with Crippen molar-refractivity contribution in [1.82, 2.24) is 4.90 Å². The Kier molecular flexibility index (Phi) is 4.64. The van der Waals surface area contributed by atoms with E-state index in [0.29, 0.717) is 0 Å². The molecule has 0 spiro atoms. The Balaban J connectivity index is 2.08. The molecule has 1 unspecified atom stereocenters. The van der Waals surface area contributed by atoms with Crippen LogP contribution >= 0.6 is 0 Å². The van der Waals surface area contributed by atoms with Crippen LogP contribution in [0.2, 0.25) is 0 Å². The predicted molar refractivity (Wildman–Crippen MR) is 89.3 cm³/mol. The third-order valence-electron chi connectivity index (χ3n) is 5.84. The van der Waals surface area contributed by atoms with Gasteiger partial charge in [0.25, 0.3) is 0 Å². The largest absolute Gasteiger partial charge is 0.490 e. The number of allylic oxidation sites excluding steroid dienone is 1. The minimum Gasteiger partial charge on any atom is -0.400 e. The van der Waals surface area contributed by atoms with Crippen molar-refractivity contribution in [3.05, 3.63) is 11.5 Å². The van der Waals surface area contributed by atoms with Gasteiger partial charge in [0.05, 0.1) is 11.2 Å². The summed E-state index contributed by atoms with van der Waals surface area (Å²) in [4.78, 5) is 2.57. The quantitative estimate of drug-likeness (QED) is 0.735. The zero-order chi connectivity index (χ0) is 15.9. The van der Waals surface area contributed by atoms with E-state index in [2.05, 4.69) is 59.4 Å². The molecule has 1 fully saturated rings. The molecule has 0 bridgehead atoms. The number of rotatable bonds is 4. The monoisotopic (exact) mass is 293 g/mol. The SMILES string of the molecule is CCN(CC)C1(C)CC=C(B2OC(C)(C)C(C)(C)O2)CC1. The molecule has 0 aromatic carbocycles. The maximum Gasteiger partial charge on any atom is 0.490 e.